The van der Waals surface area contributed by atoms with Crippen LogP contribution in [0.15, 0.2) is 24.3 Å². The van der Waals surface area contributed by atoms with Crippen LogP contribution in [0, 0.1) is 0 Å². The van der Waals surface area contributed by atoms with Gasteiger partial charge in [-0.2, -0.15) is 0 Å². The van der Waals surface area contributed by atoms with Crippen molar-refractivity contribution in [3.63, 3.8) is 0 Å². The molecule has 1 fully saturated rings. The fraction of sp³-hybridized carbons (Fsp3) is 0.667. The molecule has 1 N–H and O–H groups in total. The summed E-state index contributed by atoms with van der Waals surface area (Å²) in [5, 5.41) is 3.71. The Morgan fingerprint density at radius 3 is 2.45 bits per heavy atom. The molecule has 1 heterocycles. The van der Waals surface area contributed by atoms with Gasteiger partial charge in [0, 0.05) is 30.9 Å². The van der Waals surface area contributed by atoms with Gasteiger partial charge in [-0.15, -0.1) is 0 Å². The predicted octanol–water partition coefficient (Wildman–Crippen LogP) is 4.00. The van der Waals surface area contributed by atoms with E-state index in [4.69, 9.17) is 0 Å². The highest BCUT2D eigenvalue weighted by Gasteiger charge is 2.26. The van der Waals surface area contributed by atoms with Crippen LogP contribution in [0.3, 0.4) is 0 Å². The molecule has 0 aliphatic carbocycles. The van der Waals surface area contributed by atoms with Gasteiger partial charge in [-0.3, -0.25) is 0 Å². The molecule has 0 aromatic heterocycles. The molecule has 2 rings (SSSR count). The molecule has 112 valence electrons. The lowest BCUT2D eigenvalue weighted by atomic mass is 10.0. The molecule has 0 bridgehead atoms. The van der Waals surface area contributed by atoms with E-state index < -0.39 is 0 Å². The fourth-order valence-electron chi connectivity index (χ4n) is 3.23. The first-order chi connectivity index (χ1) is 9.78. The summed E-state index contributed by atoms with van der Waals surface area (Å²) in [5.74, 6) is 0. The summed E-state index contributed by atoms with van der Waals surface area (Å²) >= 11 is 0. The summed E-state index contributed by atoms with van der Waals surface area (Å²) in [6, 6.07) is 10.5. The zero-order valence-electron chi connectivity index (χ0n) is 13.4. The Hall–Kier alpha value is -1.02. The number of hydrogen-bond acceptors (Lipinski definition) is 2. The van der Waals surface area contributed by atoms with E-state index in [0.29, 0.717) is 12.1 Å². The first-order valence-electron chi connectivity index (χ1n) is 8.37. The lowest BCUT2D eigenvalue weighted by Gasteiger charge is -2.42. The molecule has 0 radical (unpaired) electrons. The van der Waals surface area contributed by atoms with Crippen molar-refractivity contribution < 1.29 is 0 Å². The van der Waals surface area contributed by atoms with E-state index in [1.54, 1.807) is 0 Å². The third-order valence-electron chi connectivity index (χ3n) is 4.42. The highest BCUT2D eigenvalue weighted by atomic mass is 15.2. The summed E-state index contributed by atoms with van der Waals surface area (Å²) in [6.45, 7) is 9.09. The molecule has 0 spiro atoms. The number of rotatable bonds is 6. The number of benzene rings is 1. The first kappa shape index (κ1) is 15.4. The molecule has 0 amide bonds. The van der Waals surface area contributed by atoms with Crippen molar-refractivity contribution >= 4 is 5.69 Å². The number of aryl methyl sites for hydroxylation is 1. The SMILES string of the molecule is CCCc1ccc(N2CC(CCC)NCC2CC)cc1. The minimum Gasteiger partial charge on any atom is -0.366 e. The van der Waals surface area contributed by atoms with E-state index in [1.807, 2.05) is 0 Å². The lowest BCUT2D eigenvalue weighted by molar-refractivity contribution is 0.369. The average molecular weight is 274 g/mol. The standard InChI is InChI=1S/C18H30N2/c1-4-7-15-9-11-18(12-10-15)20-14-16(8-5-2)19-13-17(20)6-3/h9-12,16-17,19H,4-8,13-14H2,1-3H3. The lowest BCUT2D eigenvalue weighted by Crippen LogP contribution is -2.56. The maximum atomic E-state index is 3.71. The van der Waals surface area contributed by atoms with Gasteiger partial charge in [-0.25, -0.2) is 0 Å². The number of anilines is 1. The second kappa shape index (κ2) is 7.68. The second-order valence-electron chi connectivity index (χ2n) is 6.02. The van der Waals surface area contributed by atoms with E-state index in [1.165, 1.54) is 43.4 Å². The minimum atomic E-state index is 0.639. The molecule has 2 atom stereocenters. The van der Waals surface area contributed by atoms with Gasteiger partial charge in [0.1, 0.15) is 0 Å². The Kier molecular flexibility index (Phi) is 5.90. The van der Waals surface area contributed by atoms with Crippen LogP contribution < -0.4 is 10.2 Å². The zero-order valence-corrected chi connectivity index (χ0v) is 13.4. The van der Waals surface area contributed by atoms with Crippen LogP contribution in [-0.2, 0) is 6.42 Å². The topological polar surface area (TPSA) is 15.3 Å². The summed E-state index contributed by atoms with van der Waals surface area (Å²) in [6.07, 6.45) is 6.17. The van der Waals surface area contributed by atoms with Crippen molar-refractivity contribution in [2.75, 3.05) is 18.0 Å². The van der Waals surface area contributed by atoms with E-state index >= 15 is 0 Å². The molecule has 1 aliphatic rings. The van der Waals surface area contributed by atoms with Crippen molar-refractivity contribution in [1.29, 1.82) is 0 Å². The third-order valence-corrected chi connectivity index (χ3v) is 4.42. The van der Waals surface area contributed by atoms with Gasteiger partial charge >= 0.3 is 0 Å². The van der Waals surface area contributed by atoms with Gasteiger partial charge in [0.2, 0.25) is 0 Å². The smallest absolute Gasteiger partial charge is 0.0412 e. The number of hydrogen-bond donors (Lipinski definition) is 1. The minimum absolute atomic E-state index is 0.639. The number of nitrogens with zero attached hydrogens (tertiary/aromatic N) is 1. The molecule has 2 heteroatoms. The van der Waals surface area contributed by atoms with Gasteiger partial charge in [-0.05, 0) is 37.0 Å². The Balaban J connectivity index is 2.09. The van der Waals surface area contributed by atoms with E-state index in [2.05, 4.69) is 55.3 Å². The number of piperazine rings is 1. The van der Waals surface area contributed by atoms with Crippen molar-refractivity contribution in [2.45, 2.75) is 65.0 Å². The molecule has 1 saturated heterocycles. The fourth-order valence-corrected chi connectivity index (χ4v) is 3.23. The summed E-state index contributed by atoms with van der Waals surface area (Å²) in [7, 11) is 0. The van der Waals surface area contributed by atoms with Crippen molar-refractivity contribution in [2.24, 2.45) is 0 Å². The van der Waals surface area contributed by atoms with Crippen LogP contribution in [0.1, 0.15) is 52.0 Å². The average Bonchev–Trinajstić information content (AvgIpc) is 2.49. The predicted molar refractivity (Wildman–Crippen MR) is 88.6 cm³/mol. The van der Waals surface area contributed by atoms with Crippen LogP contribution >= 0.6 is 0 Å². The molecule has 1 aliphatic heterocycles. The van der Waals surface area contributed by atoms with Crippen molar-refractivity contribution in [3.05, 3.63) is 29.8 Å². The van der Waals surface area contributed by atoms with Gasteiger partial charge in [0.05, 0.1) is 0 Å². The van der Waals surface area contributed by atoms with Crippen LogP contribution in [0.2, 0.25) is 0 Å². The molecule has 0 saturated carbocycles. The van der Waals surface area contributed by atoms with E-state index in [-0.39, 0.29) is 0 Å². The Morgan fingerprint density at radius 1 is 1.10 bits per heavy atom. The Bertz CT molecular complexity index is 385. The molecular weight excluding hydrogens is 244 g/mol. The maximum absolute atomic E-state index is 3.71. The first-order valence-corrected chi connectivity index (χ1v) is 8.37. The highest BCUT2D eigenvalue weighted by Crippen LogP contribution is 2.23. The Morgan fingerprint density at radius 2 is 1.85 bits per heavy atom. The summed E-state index contributed by atoms with van der Waals surface area (Å²) < 4.78 is 0. The molecule has 1 aromatic rings. The molecule has 1 aromatic carbocycles. The van der Waals surface area contributed by atoms with E-state index in [0.717, 1.165) is 13.1 Å². The molecule has 2 unspecified atom stereocenters. The van der Waals surface area contributed by atoms with Crippen LogP contribution in [-0.4, -0.2) is 25.2 Å². The van der Waals surface area contributed by atoms with E-state index in [9.17, 15) is 0 Å². The largest absolute Gasteiger partial charge is 0.366 e. The molecule has 2 nitrogen and oxygen atoms in total. The van der Waals surface area contributed by atoms with Crippen molar-refractivity contribution in [1.82, 2.24) is 5.32 Å². The summed E-state index contributed by atoms with van der Waals surface area (Å²) in [4.78, 5) is 2.62. The zero-order chi connectivity index (χ0) is 14.4. The van der Waals surface area contributed by atoms with Gasteiger partial charge in [0.25, 0.3) is 0 Å². The van der Waals surface area contributed by atoms with Crippen LogP contribution in [0.5, 0.6) is 0 Å². The molecule has 20 heavy (non-hydrogen) atoms. The van der Waals surface area contributed by atoms with Gasteiger partial charge in [-0.1, -0.05) is 45.7 Å². The normalized spacial score (nSPS) is 23.1. The van der Waals surface area contributed by atoms with Gasteiger partial charge < -0.3 is 10.2 Å². The highest BCUT2D eigenvalue weighted by molar-refractivity contribution is 5.49. The monoisotopic (exact) mass is 274 g/mol. The van der Waals surface area contributed by atoms with Gasteiger partial charge in [0.15, 0.2) is 0 Å². The maximum Gasteiger partial charge on any atom is 0.0412 e. The Labute approximate surface area is 124 Å². The number of nitrogens with one attached hydrogen (secondary N) is 1. The van der Waals surface area contributed by atoms with Crippen LogP contribution in [0.4, 0.5) is 5.69 Å². The molecular formula is C18H30N2. The quantitative estimate of drug-likeness (QED) is 0.843. The van der Waals surface area contributed by atoms with Crippen LogP contribution in [0.25, 0.3) is 0 Å². The second-order valence-corrected chi connectivity index (χ2v) is 6.02. The third kappa shape index (κ3) is 3.76. The summed E-state index contributed by atoms with van der Waals surface area (Å²) in [5.41, 5.74) is 2.86. The van der Waals surface area contributed by atoms with Crippen molar-refractivity contribution in [3.8, 4) is 0 Å².